The summed E-state index contributed by atoms with van der Waals surface area (Å²) < 4.78 is 11.0. The topological polar surface area (TPSA) is 18.5 Å². The van der Waals surface area contributed by atoms with Crippen LogP contribution in [0.5, 0.6) is 5.75 Å². The second-order valence-corrected chi connectivity index (χ2v) is 5.56. The van der Waals surface area contributed by atoms with E-state index in [1.165, 1.54) is 5.56 Å². The monoisotopic (exact) mass is 276 g/mol. The summed E-state index contributed by atoms with van der Waals surface area (Å²) in [5.41, 5.74) is 1.19. The van der Waals surface area contributed by atoms with Gasteiger partial charge in [-0.25, -0.2) is 0 Å². The second-order valence-electron chi connectivity index (χ2n) is 2.95. The molecule has 1 unspecified atom stereocenters. The van der Waals surface area contributed by atoms with Crippen molar-refractivity contribution in [3.63, 3.8) is 0 Å². The van der Waals surface area contributed by atoms with Crippen LogP contribution in [0.15, 0.2) is 24.3 Å². The lowest BCUT2D eigenvalue weighted by Gasteiger charge is -2.11. The average molecular weight is 277 g/mol. The molecule has 1 rings (SSSR count). The van der Waals surface area contributed by atoms with E-state index in [1.54, 1.807) is 0 Å². The first-order valence-corrected chi connectivity index (χ1v) is 7.75. The summed E-state index contributed by atoms with van der Waals surface area (Å²) in [4.78, 5) is 0. The third-order valence-electron chi connectivity index (χ3n) is 1.56. The minimum absolute atomic E-state index is 0.725. The van der Waals surface area contributed by atoms with Gasteiger partial charge in [0.15, 0.2) is 0 Å². The molecule has 1 aromatic rings. The van der Waals surface area contributed by atoms with Gasteiger partial charge in [0, 0.05) is 15.5 Å². The zero-order chi connectivity index (χ0) is 10.4. The van der Waals surface area contributed by atoms with Gasteiger partial charge in [0.1, 0.15) is 5.75 Å². The Balaban J connectivity index is 2.43. The lowest BCUT2D eigenvalue weighted by Crippen LogP contribution is -1.89. The Morgan fingerprint density at radius 1 is 1.43 bits per heavy atom. The number of hydrogen-bond acceptors (Lipinski definition) is 2. The zero-order valence-corrected chi connectivity index (χ0v) is 10.8. The molecule has 0 aromatic heterocycles. The third-order valence-corrected chi connectivity index (χ3v) is 3.35. The molecule has 0 heterocycles. The van der Waals surface area contributed by atoms with Gasteiger partial charge in [-0.1, -0.05) is 19.1 Å². The summed E-state index contributed by atoms with van der Waals surface area (Å²) in [5, 5.41) is 0. The van der Waals surface area contributed by atoms with Gasteiger partial charge >= 0.3 is 7.08 Å². The molecule has 0 aliphatic carbocycles. The van der Waals surface area contributed by atoms with Gasteiger partial charge in [-0.3, -0.25) is 0 Å². The molecule has 0 N–H and O–H groups in total. The zero-order valence-electron chi connectivity index (χ0n) is 8.37. The fourth-order valence-corrected chi connectivity index (χ4v) is 2.54. The first-order valence-electron chi connectivity index (χ1n) is 4.56. The highest BCUT2D eigenvalue weighted by Crippen LogP contribution is 2.46. The van der Waals surface area contributed by atoms with E-state index in [1.807, 2.05) is 31.2 Å². The SMILES string of the molecule is CCCOP(Br)Oc1cccc(C)c1. The van der Waals surface area contributed by atoms with Crippen LogP contribution in [0.25, 0.3) is 0 Å². The van der Waals surface area contributed by atoms with Gasteiger partial charge in [-0.15, -0.1) is 0 Å². The molecule has 14 heavy (non-hydrogen) atoms. The van der Waals surface area contributed by atoms with Crippen molar-refractivity contribution in [3.05, 3.63) is 29.8 Å². The lowest BCUT2D eigenvalue weighted by atomic mass is 10.2. The number of hydrogen-bond donors (Lipinski definition) is 0. The van der Waals surface area contributed by atoms with Crippen molar-refractivity contribution in [2.24, 2.45) is 0 Å². The van der Waals surface area contributed by atoms with Gasteiger partial charge < -0.3 is 9.05 Å². The number of halogens is 1. The first kappa shape index (κ1) is 12.0. The van der Waals surface area contributed by atoms with E-state index in [2.05, 4.69) is 22.4 Å². The van der Waals surface area contributed by atoms with E-state index in [9.17, 15) is 0 Å². The fraction of sp³-hybridized carbons (Fsp3) is 0.400. The molecule has 4 heteroatoms. The highest BCUT2D eigenvalue weighted by Gasteiger charge is 2.06. The van der Waals surface area contributed by atoms with Gasteiger partial charge in [0.2, 0.25) is 0 Å². The quantitative estimate of drug-likeness (QED) is 0.741. The number of benzene rings is 1. The minimum Gasteiger partial charge on any atom is -0.439 e. The number of rotatable bonds is 5. The summed E-state index contributed by atoms with van der Waals surface area (Å²) in [6.45, 7) is 4.84. The molecule has 0 aliphatic heterocycles. The van der Waals surface area contributed by atoms with Gasteiger partial charge in [0.25, 0.3) is 0 Å². The van der Waals surface area contributed by atoms with E-state index in [4.69, 9.17) is 9.05 Å². The Labute approximate surface area is 94.3 Å². The maximum absolute atomic E-state index is 5.56. The minimum atomic E-state index is -0.963. The van der Waals surface area contributed by atoms with Crippen LogP contribution in [0.2, 0.25) is 0 Å². The Morgan fingerprint density at radius 2 is 2.21 bits per heavy atom. The molecule has 78 valence electrons. The Morgan fingerprint density at radius 3 is 2.86 bits per heavy atom. The van der Waals surface area contributed by atoms with Crippen LogP contribution in [-0.4, -0.2) is 6.61 Å². The van der Waals surface area contributed by atoms with E-state index >= 15 is 0 Å². The van der Waals surface area contributed by atoms with E-state index < -0.39 is 7.08 Å². The van der Waals surface area contributed by atoms with Gasteiger partial charge in [-0.2, -0.15) is 0 Å². The van der Waals surface area contributed by atoms with Crippen LogP contribution >= 0.6 is 22.6 Å². The molecule has 0 bridgehead atoms. The largest absolute Gasteiger partial charge is 0.439 e. The average Bonchev–Trinajstić information content (AvgIpc) is 2.15. The number of aryl methyl sites for hydroxylation is 1. The highest BCUT2D eigenvalue weighted by atomic mass is 79.9. The Bertz CT molecular complexity index is 281. The van der Waals surface area contributed by atoms with Crippen molar-refractivity contribution >= 4 is 22.6 Å². The van der Waals surface area contributed by atoms with Crippen LogP contribution in [0, 0.1) is 6.92 Å². The molecule has 0 saturated carbocycles. The summed E-state index contributed by atoms with van der Waals surface area (Å²) >= 11 is 3.36. The summed E-state index contributed by atoms with van der Waals surface area (Å²) in [6, 6.07) is 7.93. The highest BCUT2D eigenvalue weighted by molar-refractivity contribution is 9.38. The van der Waals surface area contributed by atoms with Gasteiger partial charge in [-0.05, 0) is 31.0 Å². The van der Waals surface area contributed by atoms with Crippen molar-refractivity contribution in [1.82, 2.24) is 0 Å². The summed E-state index contributed by atoms with van der Waals surface area (Å²) in [6.07, 6.45) is 1.00. The lowest BCUT2D eigenvalue weighted by molar-refractivity contribution is 0.326. The summed E-state index contributed by atoms with van der Waals surface area (Å²) in [5.74, 6) is 0.851. The third kappa shape index (κ3) is 4.41. The smallest absolute Gasteiger partial charge is 0.307 e. The molecular weight excluding hydrogens is 263 g/mol. The van der Waals surface area contributed by atoms with Gasteiger partial charge in [0.05, 0.1) is 6.61 Å². The van der Waals surface area contributed by atoms with E-state index in [0.717, 1.165) is 18.8 Å². The molecule has 0 radical (unpaired) electrons. The van der Waals surface area contributed by atoms with Crippen LogP contribution < -0.4 is 4.52 Å². The summed E-state index contributed by atoms with van der Waals surface area (Å²) in [7, 11) is -0.963. The van der Waals surface area contributed by atoms with Crippen molar-refractivity contribution in [2.75, 3.05) is 6.61 Å². The first-order chi connectivity index (χ1) is 6.72. The Hall–Kier alpha value is -0.110. The molecule has 0 spiro atoms. The van der Waals surface area contributed by atoms with Crippen molar-refractivity contribution in [2.45, 2.75) is 20.3 Å². The molecule has 0 amide bonds. The second kappa shape index (κ2) is 6.39. The molecule has 0 aliphatic rings. The molecule has 1 aromatic carbocycles. The van der Waals surface area contributed by atoms with Crippen LogP contribution in [-0.2, 0) is 4.52 Å². The Kier molecular flexibility index (Phi) is 5.46. The maximum atomic E-state index is 5.56. The predicted octanol–water partition coefficient (Wildman–Crippen LogP) is 4.42. The molecular formula is C10H14BrO2P. The molecule has 0 fully saturated rings. The molecule has 0 saturated heterocycles. The predicted molar refractivity (Wildman–Crippen MR) is 63.9 cm³/mol. The maximum Gasteiger partial charge on any atom is 0.307 e. The normalized spacial score (nSPS) is 12.5. The molecule has 1 atom stereocenters. The van der Waals surface area contributed by atoms with Crippen LogP contribution in [0.1, 0.15) is 18.9 Å². The molecule has 2 nitrogen and oxygen atoms in total. The standard InChI is InChI=1S/C10H14BrO2P/c1-3-7-12-14(11)13-10-6-4-5-9(2)8-10/h4-6,8H,3,7H2,1-2H3. The van der Waals surface area contributed by atoms with Crippen LogP contribution in [0.4, 0.5) is 0 Å². The van der Waals surface area contributed by atoms with Crippen LogP contribution in [0.3, 0.4) is 0 Å². The van der Waals surface area contributed by atoms with Crippen molar-refractivity contribution in [3.8, 4) is 5.75 Å². The van der Waals surface area contributed by atoms with Crippen molar-refractivity contribution < 1.29 is 9.05 Å². The van der Waals surface area contributed by atoms with E-state index in [-0.39, 0.29) is 0 Å². The van der Waals surface area contributed by atoms with Crippen molar-refractivity contribution in [1.29, 1.82) is 0 Å². The van der Waals surface area contributed by atoms with E-state index in [0.29, 0.717) is 0 Å². The fourth-order valence-electron chi connectivity index (χ4n) is 0.944.